The van der Waals surface area contributed by atoms with Crippen LogP contribution >= 0.6 is 0 Å². The number of hydrogen-bond donors (Lipinski definition) is 1. The van der Waals surface area contributed by atoms with Crippen molar-refractivity contribution >= 4 is 0 Å². The maximum absolute atomic E-state index is 6.17. The fraction of sp³-hybridized carbons (Fsp3) is 0.176. The van der Waals surface area contributed by atoms with E-state index >= 15 is 0 Å². The SMILES string of the molecule is COc1ccc(-c2cnc(C(N)c3cccnc3)o2)cc1OC. The third-order valence-electron chi connectivity index (χ3n) is 3.50. The second kappa shape index (κ2) is 6.50. The molecule has 0 spiro atoms. The van der Waals surface area contributed by atoms with Gasteiger partial charge in [0, 0.05) is 18.0 Å². The van der Waals surface area contributed by atoms with Crippen LogP contribution in [0.1, 0.15) is 17.5 Å². The lowest BCUT2D eigenvalue weighted by molar-refractivity contribution is 0.355. The fourth-order valence-electron chi connectivity index (χ4n) is 2.26. The van der Waals surface area contributed by atoms with E-state index in [-0.39, 0.29) is 0 Å². The first-order valence-corrected chi connectivity index (χ1v) is 7.06. The summed E-state index contributed by atoms with van der Waals surface area (Å²) in [6.07, 6.45) is 5.04. The normalized spacial score (nSPS) is 12.0. The second-order valence-electron chi connectivity index (χ2n) is 4.90. The number of aromatic nitrogens is 2. The average Bonchev–Trinajstić information content (AvgIpc) is 3.11. The van der Waals surface area contributed by atoms with Crippen molar-refractivity contribution in [2.24, 2.45) is 5.73 Å². The Morgan fingerprint density at radius 2 is 1.91 bits per heavy atom. The number of benzene rings is 1. The van der Waals surface area contributed by atoms with E-state index in [0.717, 1.165) is 11.1 Å². The van der Waals surface area contributed by atoms with Crippen LogP contribution in [-0.4, -0.2) is 24.2 Å². The van der Waals surface area contributed by atoms with Crippen LogP contribution in [0.3, 0.4) is 0 Å². The molecule has 23 heavy (non-hydrogen) atoms. The smallest absolute Gasteiger partial charge is 0.216 e. The highest BCUT2D eigenvalue weighted by Crippen LogP contribution is 2.33. The van der Waals surface area contributed by atoms with Crippen LogP contribution in [0.5, 0.6) is 11.5 Å². The highest BCUT2D eigenvalue weighted by atomic mass is 16.5. The van der Waals surface area contributed by atoms with Gasteiger partial charge in [-0.1, -0.05) is 6.07 Å². The molecule has 0 bridgehead atoms. The molecule has 6 heteroatoms. The molecule has 0 aliphatic heterocycles. The van der Waals surface area contributed by atoms with Crippen LogP contribution in [-0.2, 0) is 0 Å². The maximum Gasteiger partial charge on any atom is 0.216 e. The molecule has 0 aliphatic rings. The molecule has 0 saturated heterocycles. The van der Waals surface area contributed by atoms with Crippen LogP contribution in [0, 0.1) is 0 Å². The van der Waals surface area contributed by atoms with E-state index in [2.05, 4.69) is 9.97 Å². The number of nitrogens with two attached hydrogens (primary N) is 1. The summed E-state index contributed by atoms with van der Waals surface area (Å²) in [6.45, 7) is 0. The molecule has 3 aromatic rings. The van der Waals surface area contributed by atoms with Crippen molar-refractivity contribution in [2.75, 3.05) is 14.2 Å². The molecule has 0 fully saturated rings. The van der Waals surface area contributed by atoms with Crippen molar-refractivity contribution in [2.45, 2.75) is 6.04 Å². The molecule has 118 valence electrons. The Kier molecular flexibility index (Phi) is 4.25. The van der Waals surface area contributed by atoms with Gasteiger partial charge in [0.1, 0.15) is 6.04 Å². The zero-order valence-electron chi connectivity index (χ0n) is 12.9. The van der Waals surface area contributed by atoms with Gasteiger partial charge in [-0.25, -0.2) is 4.98 Å². The van der Waals surface area contributed by atoms with Crippen LogP contribution < -0.4 is 15.2 Å². The minimum absolute atomic E-state index is 0.433. The Balaban J connectivity index is 1.90. The van der Waals surface area contributed by atoms with Crippen molar-refractivity contribution in [3.63, 3.8) is 0 Å². The minimum atomic E-state index is -0.461. The molecule has 0 radical (unpaired) electrons. The zero-order chi connectivity index (χ0) is 16.2. The Hall–Kier alpha value is -2.86. The number of methoxy groups -OCH3 is 2. The summed E-state index contributed by atoms with van der Waals surface area (Å²) in [4.78, 5) is 8.33. The van der Waals surface area contributed by atoms with Gasteiger partial charge in [-0.05, 0) is 29.8 Å². The predicted octanol–water partition coefficient (Wildman–Crippen LogP) is 2.80. The number of pyridine rings is 1. The molecular formula is C17H17N3O3. The van der Waals surface area contributed by atoms with Gasteiger partial charge in [0.15, 0.2) is 17.3 Å². The van der Waals surface area contributed by atoms with Crippen molar-refractivity contribution in [3.8, 4) is 22.8 Å². The molecule has 3 rings (SSSR count). The standard InChI is InChI=1S/C17H17N3O3/c1-21-13-6-5-11(8-14(13)22-2)15-10-20-17(23-15)16(18)12-4-3-7-19-9-12/h3-10,16H,18H2,1-2H3. The molecule has 0 amide bonds. The van der Waals surface area contributed by atoms with Crippen LogP contribution in [0.15, 0.2) is 53.3 Å². The Morgan fingerprint density at radius 1 is 1.09 bits per heavy atom. The van der Waals surface area contributed by atoms with E-state index in [1.54, 1.807) is 32.8 Å². The minimum Gasteiger partial charge on any atom is -0.493 e. The van der Waals surface area contributed by atoms with Gasteiger partial charge in [-0.15, -0.1) is 0 Å². The van der Waals surface area contributed by atoms with Crippen LogP contribution in [0.25, 0.3) is 11.3 Å². The van der Waals surface area contributed by atoms with Gasteiger partial charge in [-0.2, -0.15) is 0 Å². The third-order valence-corrected chi connectivity index (χ3v) is 3.50. The van der Waals surface area contributed by atoms with E-state index in [0.29, 0.717) is 23.1 Å². The Labute approximate surface area is 133 Å². The second-order valence-corrected chi connectivity index (χ2v) is 4.90. The topological polar surface area (TPSA) is 83.4 Å². The van der Waals surface area contributed by atoms with Gasteiger partial charge in [0.25, 0.3) is 0 Å². The molecule has 2 heterocycles. The van der Waals surface area contributed by atoms with Crippen molar-refractivity contribution in [1.29, 1.82) is 0 Å². The fourth-order valence-corrected chi connectivity index (χ4v) is 2.26. The first kappa shape index (κ1) is 15.1. The summed E-state index contributed by atoms with van der Waals surface area (Å²) >= 11 is 0. The van der Waals surface area contributed by atoms with Crippen molar-refractivity contribution < 1.29 is 13.9 Å². The molecule has 1 aromatic carbocycles. The van der Waals surface area contributed by atoms with E-state index in [9.17, 15) is 0 Å². The summed E-state index contributed by atoms with van der Waals surface area (Å²) in [7, 11) is 3.18. The van der Waals surface area contributed by atoms with Crippen molar-refractivity contribution in [1.82, 2.24) is 9.97 Å². The van der Waals surface area contributed by atoms with Crippen molar-refractivity contribution in [3.05, 3.63) is 60.4 Å². The molecule has 0 aliphatic carbocycles. The maximum atomic E-state index is 6.17. The molecule has 1 atom stereocenters. The molecule has 0 saturated carbocycles. The highest BCUT2D eigenvalue weighted by Gasteiger charge is 2.17. The Morgan fingerprint density at radius 3 is 2.61 bits per heavy atom. The summed E-state index contributed by atoms with van der Waals surface area (Å²) < 4.78 is 16.3. The first-order valence-electron chi connectivity index (χ1n) is 7.06. The number of oxazole rings is 1. The first-order chi connectivity index (χ1) is 11.2. The lowest BCUT2D eigenvalue weighted by Gasteiger charge is -2.08. The van der Waals surface area contributed by atoms with Crippen LogP contribution in [0.4, 0.5) is 0 Å². The van der Waals surface area contributed by atoms with Crippen LogP contribution in [0.2, 0.25) is 0 Å². The molecule has 2 N–H and O–H groups in total. The monoisotopic (exact) mass is 311 g/mol. The number of rotatable bonds is 5. The molecule has 1 unspecified atom stereocenters. The summed E-state index contributed by atoms with van der Waals surface area (Å²) in [5.41, 5.74) is 7.84. The number of ether oxygens (including phenoxy) is 2. The van der Waals surface area contributed by atoms with Gasteiger partial charge in [-0.3, -0.25) is 4.98 Å². The number of hydrogen-bond acceptors (Lipinski definition) is 6. The molecular weight excluding hydrogens is 294 g/mol. The quantitative estimate of drug-likeness (QED) is 0.780. The number of nitrogens with zero attached hydrogens (tertiary/aromatic N) is 2. The summed E-state index contributed by atoms with van der Waals surface area (Å²) in [5, 5.41) is 0. The highest BCUT2D eigenvalue weighted by molar-refractivity contribution is 5.62. The van der Waals surface area contributed by atoms with E-state index in [1.165, 1.54) is 0 Å². The lowest BCUT2D eigenvalue weighted by Crippen LogP contribution is -2.12. The van der Waals surface area contributed by atoms with Gasteiger partial charge < -0.3 is 19.6 Å². The van der Waals surface area contributed by atoms with E-state index < -0.39 is 6.04 Å². The largest absolute Gasteiger partial charge is 0.493 e. The lowest BCUT2D eigenvalue weighted by atomic mass is 10.1. The van der Waals surface area contributed by atoms with E-state index in [4.69, 9.17) is 19.6 Å². The Bertz CT molecular complexity index is 787. The molecule has 6 nitrogen and oxygen atoms in total. The predicted molar refractivity (Wildman–Crippen MR) is 85.3 cm³/mol. The summed E-state index contributed by atoms with van der Waals surface area (Å²) in [6, 6.07) is 8.78. The average molecular weight is 311 g/mol. The zero-order valence-corrected chi connectivity index (χ0v) is 12.9. The van der Waals surface area contributed by atoms with Gasteiger partial charge in [0.05, 0.1) is 20.4 Å². The summed E-state index contributed by atoms with van der Waals surface area (Å²) in [5.74, 6) is 2.32. The van der Waals surface area contributed by atoms with Gasteiger partial charge in [0.2, 0.25) is 5.89 Å². The molecule has 2 aromatic heterocycles. The van der Waals surface area contributed by atoms with E-state index in [1.807, 2.05) is 30.3 Å². The van der Waals surface area contributed by atoms with Gasteiger partial charge >= 0.3 is 0 Å². The third kappa shape index (κ3) is 3.02.